The monoisotopic (exact) mass is 234 g/mol. The van der Waals surface area contributed by atoms with Crippen molar-refractivity contribution >= 4 is 5.91 Å². The van der Waals surface area contributed by atoms with Crippen LogP contribution >= 0.6 is 0 Å². The van der Waals surface area contributed by atoms with Gasteiger partial charge in [-0.1, -0.05) is 6.07 Å². The van der Waals surface area contributed by atoms with E-state index in [2.05, 4.69) is 5.32 Å². The van der Waals surface area contributed by atoms with Gasteiger partial charge in [-0.3, -0.25) is 4.79 Å². The third-order valence-corrected chi connectivity index (χ3v) is 3.17. The minimum atomic E-state index is -0.479. The summed E-state index contributed by atoms with van der Waals surface area (Å²) < 4.78 is 5.57. The number of rotatable bonds is 3. The van der Waals surface area contributed by atoms with Crippen molar-refractivity contribution in [3.05, 3.63) is 29.3 Å². The van der Waals surface area contributed by atoms with Crippen molar-refractivity contribution < 1.29 is 9.53 Å². The van der Waals surface area contributed by atoms with Crippen LogP contribution in [0.3, 0.4) is 0 Å². The Labute approximate surface area is 101 Å². The molecule has 92 valence electrons. The van der Waals surface area contributed by atoms with E-state index in [9.17, 15) is 4.79 Å². The zero-order valence-corrected chi connectivity index (χ0v) is 10.2. The van der Waals surface area contributed by atoms with E-state index in [-0.39, 0.29) is 11.9 Å². The SMILES string of the molecule is CNC(=O)C(C)Oc1ccc2c(c1)CCC2N. The number of amides is 1. The maximum atomic E-state index is 11.3. The highest BCUT2D eigenvalue weighted by atomic mass is 16.5. The van der Waals surface area contributed by atoms with Crippen molar-refractivity contribution in [1.29, 1.82) is 0 Å². The highest BCUT2D eigenvalue weighted by molar-refractivity contribution is 5.80. The van der Waals surface area contributed by atoms with Gasteiger partial charge in [-0.25, -0.2) is 0 Å². The zero-order chi connectivity index (χ0) is 12.4. The number of hydrogen-bond donors (Lipinski definition) is 2. The summed E-state index contributed by atoms with van der Waals surface area (Å²) in [5.74, 6) is 0.608. The smallest absolute Gasteiger partial charge is 0.260 e. The summed E-state index contributed by atoms with van der Waals surface area (Å²) in [6.07, 6.45) is 1.50. The quantitative estimate of drug-likeness (QED) is 0.824. The Hall–Kier alpha value is -1.55. The standard InChI is InChI=1S/C13H18N2O2/c1-8(13(16)15-2)17-10-4-5-11-9(7-10)3-6-12(11)14/h4-5,7-8,12H,3,6,14H2,1-2H3,(H,15,16). The molecule has 0 radical (unpaired) electrons. The first-order valence-electron chi connectivity index (χ1n) is 5.88. The van der Waals surface area contributed by atoms with Gasteiger partial charge in [-0.2, -0.15) is 0 Å². The molecule has 1 aliphatic rings. The van der Waals surface area contributed by atoms with E-state index < -0.39 is 6.10 Å². The van der Waals surface area contributed by atoms with E-state index in [0.29, 0.717) is 0 Å². The fourth-order valence-electron chi connectivity index (χ4n) is 2.16. The van der Waals surface area contributed by atoms with Gasteiger partial charge in [0.15, 0.2) is 6.10 Å². The topological polar surface area (TPSA) is 64.3 Å². The van der Waals surface area contributed by atoms with Gasteiger partial charge in [0.25, 0.3) is 5.91 Å². The Morgan fingerprint density at radius 2 is 2.35 bits per heavy atom. The number of fused-ring (bicyclic) bond motifs is 1. The Morgan fingerprint density at radius 3 is 3.06 bits per heavy atom. The van der Waals surface area contributed by atoms with Crippen molar-refractivity contribution in [1.82, 2.24) is 5.32 Å². The fraction of sp³-hybridized carbons (Fsp3) is 0.462. The summed E-state index contributed by atoms with van der Waals surface area (Å²) in [5.41, 5.74) is 8.40. The molecule has 0 saturated heterocycles. The summed E-state index contributed by atoms with van der Waals surface area (Å²) in [7, 11) is 1.60. The molecule has 2 rings (SSSR count). The predicted octanol–water partition coefficient (Wildman–Crippen LogP) is 1.15. The Kier molecular flexibility index (Phi) is 3.33. The van der Waals surface area contributed by atoms with Crippen LogP contribution in [0, 0.1) is 0 Å². The molecule has 0 saturated carbocycles. The van der Waals surface area contributed by atoms with Gasteiger partial charge < -0.3 is 15.8 Å². The number of likely N-dealkylation sites (N-methyl/N-ethyl adjacent to an activating group) is 1. The molecule has 1 aromatic carbocycles. The average molecular weight is 234 g/mol. The second kappa shape index (κ2) is 4.75. The first-order chi connectivity index (χ1) is 8.11. The van der Waals surface area contributed by atoms with Gasteiger partial charge in [0, 0.05) is 13.1 Å². The Balaban J connectivity index is 2.11. The van der Waals surface area contributed by atoms with Crippen molar-refractivity contribution in [2.75, 3.05) is 7.05 Å². The highest BCUT2D eigenvalue weighted by Gasteiger charge is 2.20. The van der Waals surface area contributed by atoms with E-state index in [1.807, 2.05) is 18.2 Å². The third kappa shape index (κ3) is 2.42. The normalized spacial score (nSPS) is 19.6. The molecule has 0 spiro atoms. The molecular formula is C13H18N2O2. The van der Waals surface area contributed by atoms with Gasteiger partial charge in [0.05, 0.1) is 0 Å². The molecule has 1 amide bonds. The summed E-state index contributed by atoms with van der Waals surface area (Å²) in [6.45, 7) is 1.73. The molecule has 0 heterocycles. The summed E-state index contributed by atoms with van der Waals surface area (Å²) in [5, 5.41) is 2.56. The summed E-state index contributed by atoms with van der Waals surface area (Å²) >= 11 is 0. The van der Waals surface area contributed by atoms with E-state index in [1.165, 1.54) is 11.1 Å². The van der Waals surface area contributed by atoms with Crippen molar-refractivity contribution in [2.45, 2.75) is 31.9 Å². The molecule has 0 fully saturated rings. The summed E-state index contributed by atoms with van der Waals surface area (Å²) in [4.78, 5) is 11.3. The van der Waals surface area contributed by atoms with Crippen molar-refractivity contribution in [3.63, 3.8) is 0 Å². The van der Waals surface area contributed by atoms with E-state index in [0.717, 1.165) is 18.6 Å². The molecule has 4 heteroatoms. The molecule has 0 bridgehead atoms. The number of ether oxygens (including phenoxy) is 1. The lowest BCUT2D eigenvalue weighted by molar-refractivity contribution is -0.126. The molecule has 2 atom stereocenters. The molecule has 4 nitrogen and oxygen atoms in total. The van der Waals surface area contributed by atoms with E-state index in [1.54, 1.807) is 14.0 Å². The van der Waals surface area contributed by atoms with Crippen LogP contribution in [-0.2, 0) is 11.2 Å². The van der Waals surface area contributed by atoms with Crippen molar-refractivity contribution in [3.8, 4) is 5.75 Å². The minimum absolute atomic E-state index is 0.123. The lowest BCUT2D eigenvalue weighted by Gasteiger charge is -2.14. The second-order valence-electron chi connectivity index (χ2n) is 4.38. The number of carbonyl (C=O) groups is 1. The first-order valence-corrected chi connectivity index (χ1v) is 5.88. The number of benzene rings is 1. The van der Waals surface area contributed by atoms with Gasteiger partial charge in [-0.15, -0.1) is 0 Å². The van der Waals surface area contributed by atoms with Gasteiger partial charge in [0.1, 0.15) is 5.75 Å². The number of hydrogen-bond acceptors (Lipinski definition) is 3. The van der Waals surface area contributed by atoms with Crippen LogP contribution < -0.4 is 15.8 Å². The Morgan fingerprint density at radius 1 is 1.59 bits per heavy atom. The maximum Gasteiger partial charge on any atom is 0.260 e. The predicted molar refractivity (Wildman–Crippen MR) is 65.8 cm³/mol. The van der Waals surface area contributed by atoms with E-state index >= 15 is 0 Å². The highest BCUT2D eigenvalue weighted by Crippen LogP contribution is 2.32. The van der Waals surface area contributed by atoms with Crippen molar-refractivity contribution in [2.24, 2.45) is 5.73 Å². The second-order valence-corrected chi connectivity index (χ2v) is 4.38. The van der Waals surface area contributed by atoms with Crippen LogP contribution in [0.2, 0.25) is 0 Å². The van der Waals surface area contributed by atoms with Crippen LogP contribution in [-0.4, -0.2) is 19.1 Å². The molecule has 1 aromatic rings. The number of nitrogens with one attached hydrogen (secondary N) is 1. The largest absolute Gasteiger partial charge is 0.481 e. The average Bonchev–Trinajstić information content (AvgIpc) is 2.69. The lowest BCUT2D eigenvalue weighted by atomic mass is 10.1. The zero-order valence-electron chi connectivity index (χ0n) is 10.2. The maximum absolute atomic E-state index is 11.3. The first kappa shape index (κ1) is 11.9. The lowest BCUT2D eigenvalue weighted by Crippen LogP contribution is -2.33. The summed E-state index contributed by atoms with van der Waals surface area (Å²) in [6, 6.07) is 6.01. The minimum Gasteiger partial charge on any atom is -0.481 e. The van der Waals surface area contributed by atoms with Gasteiger partial charge >= 0.3 is 0 Å². The van der Waals surface area contributed by atoms with Gasteiger partial charge in [0.2, 0.25) is 0 Å². The number of nitrogens with two attached hydrogens (primary N) is 1. The Bertz CT molecular complexity index is 431. The fourth-order valence-corrected chi connectivity index (χ4v) is 2.16. The third-order valence-electron chi connectivity index (χ3n) is 3.17. The molecule has 2 unspecified atom stereocenters. The number of carbonyl (C=O) groups excluding carboxylic acids is 1. The molecule has 0 aromatic heterocycles. The molecular weight excluding hydrogens is 216 g/mol. The number of aryl methyl sites for hydroxylation is 1. The van der Waals surface area contributed by atoms with Crippen LogP contribution in [0.4, 0.5) is 0 Å². The molecule has 1 aliphatic carbocycles. The molecule has 0 aliphatic heterocycles. The molecule has 3 N–H and O–H groups in total. The van der Waals surface area contributed by atoms with Gasteiger partial charge in [-0.05, 0) is 43.0 Å². The van der Waals surface area contributed by atoms with E-state index in [4.69, 9.17) is 10.5 Å². The van der Waals surface area contributed by atoms with Crippen LogP contribution in [0.25, 0.3) is 0 Å². The van der Waals surface area contributed by atoms with Crippen LogP contribution in [0.1, 0.15) is 30.5 Å². The van der Waals surface area contributed by atoms with Crippen LogP contribution in [0.5, 0.6) is 5.75 Å². The van der Waals surface area contributed by atoms with Crippen LogP contribution in [0.15, 0.2) is 18.2 Å². The molecule has 17 heavy (non-hydrogen) atoms.